The van der Waals surface area contributed by atoms with Crippen LogP contribution in [0, 0.1) is 0 Å². The van der Waals surface area contributed by atoms with Crippen LogP contribution in [-0.2, 0) is 0 Å². The fraction of sp³-hybridized carbons (Fsp3) is 0.400. The number of pyridine rings is 1. The van der Waals surface area contributed by atoms with Crippen molar-refractivity contribution in [1.82, 2.24) is 10.3 Å². The zero-order valence-corrected chi connectivity index (χ0v) is 9.39. The smallest absolute Gasteiger partial charge is 0.257 e. The Kier molecular flexibility index (Phi) is 3.52. The summed E-state index contributed by atoms with van der Waals surface area (Å²) in [6.45, 7) is 3.57. The first-order valence-corrected chi connectivity index (χ1v) is 5.05. The summed E-state index contributed by atoms with van der Waals surface area (Å²) in [5, 5.41) is 2.67. The number of hydrogen-bond donors (Lipinski definition) is 2. The van der Waals surface area contributed by atoms with Crippen LogP contribution in [0.1, 0.15) is 24.2 Å². The third kappa shape index (κ3) is 3.09. The lowest BCUT2D eigenvalue weighted by atomic mass is 10.1. The van der Waals surface area contributed by atoms with Crippen LogP contribution in [0.2, 0.25) is 0 Å². The molecule has 1 amide bonds. The highest BCUT2D eigenvalue weighted by Crippen LogP contribution is 2.05. The quantitative estimate of drug-likeness (QED) is 0.762. The van der Waals surface area contributed by atoms with Crippen LogP contribution in [0.4, 0.5) is 0 Å². The monoisotopic (exact) mass is 228 g/mol. The van der Waals surface area contributed by atoms with E-state index in [0.717, 1.165) is 0 Å². The number of halogens is 1. The van der Waals surface area contributed by atoms with Gasteiger partial charge in [0, 0.05) is 29.9 Å². The molecule has 82 valence electrons. The normalized spacial score (nSPS) is 11.1. The van der Waals surface area contributed by atoms with E-state index < -0.39 is 11.4 Å². The van der Waals surface area contributed by atoms with Crippen LogP contribution in [0.25, 0.3) is 0 Å². The Hall–Kier alpha value is -1.29. The van der Waals surface area contributed by atoms with Crippen LogP contribution in [0.15, 0.2) is 23.3 Å². The standard InChI is InChI=1S/C10H13ClN2O2/c1-10(2,6-11)13-9(15)7-5-12-4-3-8(7)14/h3-5H,6H2,1-2H3,(H,12,14)(H,13,15). The van der Waals surface area contributed by atoms with Crippen molar-refractivity contribution >= 4 is 17.5 Å². The van der Waals surface area contributed by atoms with Crippen LogP contribution in [-0.4, -0.2) is 22.3 Å². The van der Waals surface area contributed by atoms with Gasteiger partial charge in [-0.1, -0.05) is 0 Å². The van der Waals surface area contributed by atoms with E-state index in [1.165, 1.54) is 18.5 Å². The summed E-state index contributed by atoms with van der Waals surface area (Å²) in [6, 6.07) is 1.31. The first kappa shape index (κ1) is 11.8. The molecule has 1 rings (SSSR count). The van der Waals surface area contributed by atoms with Crippen molar-refractivity contribution in [3.8, 4) is 0 Å². The van der Waals surface area contributed by atoms with E-state index >= 15 is 0 Å². The van der Waals surface area contributed by atoms with Crippen molar-refractivity contribution in [2.24, 2.45) is 0 Å². The van der Waals surface area contributed by atoms with E-state index in [2.05, 4.69) is 10.3 Å². The van der Waals surface area contributed by atoms with E-state index in [4.69, 9.17) is 11.6 Å². The molecule has 0 saturated heterocycles. The lowest BCUT2D eigenvalue weighted by Gasteiger charge is -2.22. The topological polar surface area (TPSA) is 62.0 Å². The molecule has 0 fully saturated rings. The molecule has 4 nitrogen and oxygen atoms in total. The molecule has 0 saturated carbocycles. The molecular weight excluding hydrogens is 216 g/mol. The molecule has 2 N–H and O–H groups in total. The fourth-order valence-electron chi connectivity index (χ4n) is 1.00. The van der Waals surface area contributed by atoms with Crippen molar-refractivity contribution in [2.45, 2.75) is 19.4 Å². The van der Waals surface area contributed by atoms with E-state index in [0.29, 0.717) is 0 Å². The van der Waals surface area contributed by atoms with Gasteiger partial charge in [-0.15, -0.1) is 11.6 Å². The predicted molar refractivity (Wildman–Crippen MR) is 59.3 cm³/mol. The Balaban J connectivity index is 2.88. The number of amides is 1. The molecule has 0 bridgehead atoms. The zero-order chi connectivity index (χ0) is 11.5. The van der Waals surface area contributed by atoms with E-state index in [-0.39, 0.29) is 16.9 Å². The molecule has 0 radical (unpaired) electrons. The number of alkyl halides is 1. The highest BCUT2D eigenvalue weighted by Gasteiger charge is 2.21. The van der Waals surface area contributed by atoms with Gasteiger partial charge in [0.05, 0.1) is 0 Å². The number of hydrogen-bond acceptors (Lipinski definition) is 2. The van der Waals surface area contributed by atoms with Gasteiger partial charge in [-0.25, -0.2) is 0 Å². The summed E-state index contributed by atoms with van der Waals surface area (Å²) in [7, 11) is 0. The SMILES string of the molecule is CC(C)(CCl)NC(=O)c1c[nH]ccc1=O. The third-order valence-corrected chi connectivity index (χ3v) is 2.52. The molecule has 5 heteroatoms. The van der Waals surface area contributed by atoms with Gasteiger partial charge >= 0.3 is 0 Å². The molecule has 0 aliphatic heterocycles. The number of aromatic nitrogens is 1. The Morgan fingerprint density at radius 1 is 1.60 bits per heavy atom. The van der Waals surface area contributed by atoms with Crippen LogP contribution < -0.4 is 10.7 Å². The van der Waals surface area contributed by atoms with Gasteiger partial charge in [0.1, 0.15) is 5.56 Å². The molecule has 0 atom stereocenters. The first-order valence-electron chi connectivity index (χ1n) is 4.52. The van der Waals surface area contributed by atoms with Gasteiger partial charge in [0.2, 0.25) is 0 Å². The molecule has 0 unspecified atom stereocenters. The number of carbonyl (C=O) groups is 1. The Bertz CT molecular complexity index is 412. The maximum atomic E-state index is 11.7. The summed E-state index contributed by atoms with van der Waals surface area (Å²) in [6.07, 6.45) is 2.85. The van der Waals surface area contributed by atoms with Gasteiger partial charge in [0.15, 0.2) is 5.43 Å². The van der Waals surface area contributed by atoms with Gasteiger partial charge in [0.25, 0.3) is 5.91 Å². The predicted octanol–water partition coefficient (Wildman–Crippen LogP) is 1.12. The maximum absolute atomic E-state index is 11.7. The molecule has 0 aliphatic rings. The van der Waals surface area contributed by atoms with Crippen molar-refractivity contribution in [2.75, 3.05) is 5.88 Å². The summed E-state index contributed by atoms with van der Waals surface area (Å²) in [5.74, 6) is -0.133. The van der Waals surface area contributed by atoms with Crippen molar-refractivity contribution in [3.63, 3.8) is 0 Å². The lowest BCUT2D eigenvalue weighted by Crippen LogP contribution is -2.46. The van der Waals surface area contributed by atoms with Crippen molar-refractivity contribution < 1.29 is 4.79 Å². The summed E-state index contributed by atoms with van der Waals surface area (Å²) < 4.78 is 0. The zero-order valence-electron chi connectivity index (χ0n) is 8.63. The molecule has 15 heavy (non-hydrogen) atoms. The maximum Gasteiger partial charge on any atom is 0.257 e. The number of aromatic amines is 1. The van der Waals surface area contributed by atoms with Gasteiger partial charge in [-0.05, 0) is 13.8 Å². The molecule has 1 aromatic rings. The molecule has 0 aromatic carbocycles. The Labute approximate surface area is 92.7 Å². The fourth-order valence-corrected chi connectivity index (χ4v) is 1.07. The minimum atomic E-state index is -0.527. The van der Waals surface area contributed by atoms with Gasteiger partial charge in [-0.2, -0.15) is 0 Å². The van der Waals surface area contributed by atoms with Crippen molar-refractivity contribution in [3.05, 3.63) is 34.2 Å². The average Bonchev–Trinajstić information content (AvgIpc) is 2.17. The number of carbonyl (C=O) groups excluding carboxylic acids is 1. The largest absolute Gasteiger partial charge is 0.367 e. The van der Waals surface area contributed by atoms with Crippen LogP contribution in [0.3, 0.4) is 0 Å². The Morgan fingerprint density at radius 3 is 2.80 bits per heavy atom. The van der Waals surface area contributed by atoms with Crippen molar-refractivity contribution in [1.29, 1.82) is 0 Å². The highest BCUT2D eigenvalue weighted by molar-refractivity contribution is 6.18. The summed E-state index contributed by atoms with van der Waals surface area (Å²) >= 11 is 5.66. The number of nitrogens with one attached hydrogen (secondary N) is 2. The number of H-pyrrole nitrogens is 1. The van der Waals surface area contributed by atoms with E-state index in [9.17, 15) is 9.59 Å². The summed E-state index contributed by atoms with van der Waals surface area (Å²) in [4.78, 5) is 25.7. The van der Waals surface area contributed by atoms with Gasteiger partial charge < -0.3 is 10.3 Å². The second-order valence-corrected chi connectivity index (χ2v) is 4.16. The molecule has 1 aromatic heterocycles. The van der Waals surface area contributed by atoms with Gasteiger partial charge in [-0.3, -0.25) is 9.59 Å². The molecular formula is C10H13ClN2O2. The Morgan fingerprint density at radius 2 is 2.27 bits per heavy atom. The minimum Gasteiger partial charge on any atom is -0.367 e. The van der Waals surface area contributed by atoms with Crippen LogP contribution in [0.5, 0.6) is 0 Å². The third-order valence-electron chi connectivity index (χ3n) is 1.85. The molecule has 1 heterocycles. The number of rotatable bonds is 3. The highest BCUT2D eigenvalue weighted by atomic mass is 35.5. The average molecular weight is 229 g/mol. The first-order chi connectivity index (χ1) is 6.96. The molecule has 0 spiro atoms. The summed E-state index contributed by atoms with van der Waals surface area (Å²) in [5.41, 5.74) is -0.742. The second-order valence-electron chi connectivity index (χ2n) is 3.89. The van der Waals surface area contributed by atoms with Crippen LogP contribution >= 0.6 is 11.6 Å². The lowest BCUT2D eigenvalue weighted by molar-refractivity contribution is 0.0919. The van der Waals surface area contributed by atoms with E-state index in [1.807, 2.05) is 0 Å². The second kappa shape index (κ2) is 4.49. The van der Waals surface area contributed by atoms with E-state index in [1.54, 1.807) is 13.8 Å². The molecule has 0 aliphatic carbocycles. The minimum absolute atomic E-state index is 0.0932.